The van der Waals surface area contributed by atoms with Crippen molar-refractivity contribution >= 4 is 11.8 Å². The summed E-state index contributed by atoms with van der Waals surface area (Å²) in [4.78, 5) is 28.6. The number of rotatable bonds is 9. The Balaban J connectivity index is 1.74. The second-order valence-corrected chi connectivity index (χ2v) is 10.9. The summed E-state index contributed by atoms with van der Waals surface area (Å²) in [6.45, 7) is 11.1. The molecule has 1 aliphatic rings. The van der Waals surface area contributed by atoms with Crippen LogP contribution in [0.4, 0.5) is 0 Å². The van der Waals surface area contributed by atoms with Crippen LogP contribution in [0.3, 0.4) is 0 Å². The van der Waals surface area contributed by atoms with Gasteiger partial charge in [0.2, 0.25) is 11.8 Å². The predicted octanol–water partition coefficient (Wildman–Crippen LogP) is 6.09. The molecule has 1 atom stereocenters. The van der Waals surface area contributed by atoms with Gasteiger partial charge in [0.1, 0.15) is 6.04 Å². The van der Waals surface area contributed by atoms with Gasteiger partial charge in [-0.2, -0.15) is 0 Å². The van der Waals surface area contributed by atoms with E-state index in [2.05, 4.69) is 69.4 Å². The molecule has 34 heavy (non-hydrogen) atoms. The Morgan fingerprint density at radius 1 is 1.03 bits per heavy atom. The molecule has 4 nitrogen and oxygen atoms in total. The molecule has 3 rings (SSSR count). The van der Waals surface area contributed by atoms with Crippen molar-refractivity contribution in [1.82, 2.24) is 10.2 Å². The van der Waals surface area contributed by atoms with E-state index in [1.807, 2.05) is 24.0 Å². The fourth-order valence-electron chi connectivity index (χ4n) is 4.86. The van der Waals surface area contributed by atoms with Gasteiger partial charge in [0.25, 0.3) is 0 Å². The lowest BCUT2D eigenvalue weighted by atomic mass is 9.86. The summed E-state index contributed by atoms with van der Waals surface area (Å²) in [5, 5.41) is 3.22. The highest BCUT2D eigenvalue weighted by Gasteiger charge is 2.30. The van der Waals surface area contributed by atoms with Crippen molar-refractivity contribution in [1.29, 1.82) is 0 Å². The third kappa shape index (κ3) is 7.19. The molecule has 0 unspecified atom stereocenters. The highest BCUT2D eigenvalue weighted by atomic mass is 16.2. The molecule has 1 fully saturated rings. The maximum Gasteiger partial charge on any atom is 0.243 e. The highest BCUT2D eigenvalue weighted by molar-refractivity contribution is 5.88. The number of benzene rings is 2. The van der Waals surface area contributed by atoms with E-state index in [-0.39, 0.29) is 23.3 Å². The zero-order chi connectivity index (χ0) is 24.7. The van der Waals surface area contributed by atoms with Gasteiger partial charge < -0.3 is 10.2 Å². The van der Waals surface area contributed by atoms with Gasteiger partial charge in [-0.25, -0.2) is 0 Å². The van der Waals surface area contributed by atoms with Crippen LogP contribution in [0.2, 0.25) is 0 Å². The van der Waals surface area contributed by atoms with E-state index in [9.17, 15) is 9.59 Å². The summed E-state index contributed by atoms with van der Waals surface area (Å²) in [5.41, 5.74) is 4.78. The van der Waals surface area contributed by atoms with Crippen LogP contribution in [0.5, 0.6) is 0 Å². The standard InChI is InChI=1S/C30H42N2O2/c1-6-27(29(34)31-26-12-7-8-13-26)32(21-24-11-9-10-22(2)20-24)28(33)19-16-23-14-17-25(18-15-23)30(3,4)5/h9-11,14-15,17-18,20,26-27H,6-8,12-13,16,19,21H2,1-5H3,(H,31,34)/t27-/m1/s1. The Hall–Kier alpha value is -2.62. The zero-order valence-corrected chi connectivity index (χ0v) is 21.7. The molecule has 0 radical (unpaired) electrons. The first-order chi connectivity index (χ1) is 16.2. The summed E-state index contributed by atoms with van der Waals surface area (Å²) >= 11 is 0. The number of aryl methyl sites for hydroxylation is 2. The zero-order valence-electron chi connectivity index (χ0n) is 21.7. The average molecular weight is 463 g/mol. The minimum atomic E-state index is -0.447. The van der Waals surface area contributed by atoms with Crippen LogP contribution in [0.25, 0.3) is 0 Å². The third-order valence-electron chi connectivity index (χ3n) is 6.97. The van der Waals surface area contributed by atoms with Crippen LogP contribution in [0.15, 0.2) is 48.5 Å². The first-order valence-corrected chi connectivity index (χ1v) is 12.9. The summed E-state index contributed by atoms with van der Waals surface area (Å²) in [6, 6.07) is 16.6. The number of hydrogen-bond donors (Lipinski definition) is 1. The minimum absolute atomic E-state index is 0.00932. The van der Waals surface area contributed by atoms with Crippen LogP contribution >= 0.6 is 0 Å². The van der Waals surface area contributed by atoms with Crippen molar-refractivity contribution in [2.24, 2.45) is 0 Å². The number of amides is 2. The molecule has 2 aromatic rings. The largest absolute Gasteiger partial charge is 0.352 e. The number of nitrogens with one attached hydrogen (secondary N) is 1. The van der Waals surface area contributed by atoms with Gasteiger partial charge >= 0.3 is 0 Å². The second kappa shape index (κ2) is 11.7. The SMILES string of the molecule is CC[C@H](C(=O)NC1CCCC1)N(Cc1cccc(C)c1)C(=O)CCc1ccc(C(C)(C)C)cc1. The van der Waals surface area contributed by atoms with Crippen molar-refractivity contribution in [3.8, 4) is 0 Å². The fraction of sp³-hybridized carbons (Fsp3) is 0.533. The Morgan fingerprint density at radius 3 is 2.29 bits per heavy atom. The molecule has 4 heteroatoms. The molecule has 184 valence electrons. The van der Waals surface area contributed by atoms with Crippen LogP contribution in [0, 0.1) is 6.92 Å². The third-order valence-corrected chi connectivity index (χ3v) is 6.97. The smallest absolute Gasteiger partial charge is 0.243 e. The summed E-state index contributed by atoms with van der Waals surface area (Å²) in [7, 11) is 0. The maximum atomic E-state index is 13.5. The highest BCUT2D eigenvalue weighted by Crippen LogP contribution is 2.23. The second-order valence-electron chi connectivity index (χ2n) is 10.9. The summed E-state index contributed by atoms with van der Waals surface area (Å²) in [5.74, 6) is 0.0276. The van der Waals surface area contributed by atoms with Crippen molar-refractivity contribution < 1.29 is 9.59 Å². The minimum Gasteiger partial charge on any atom is -0.352 e. The van der Waals surface area contributed by atoms with Gasteiger partial charge in [0.15, 0.2) is 0 Å². The van der Waals surface area contributed by atoms with Gasteiger partial charge in [0.05, 0.1) is 0 Å². The molecule has 1 saturated carbocycles. The summed E-state index contributed by atoms with van der Waals surface area (Å²) < 4.78 is 0. The molecule has 0 bridgehead atoms. The van der Waals surface area contributed by atoms with Gasteiger partial charge in [-0.3, -0.25) is 9.59 Å². The van der Waals surface area contributed by atoms with Gasteiger partial charge in [0, 0.05) is 19.0 Å². The first kappa shape index (κ1) is 26.0. The topological polar surface area (TPSA) is 49.4 Å². The van der Waals surface area contributed by atoms with Crippen molar-refractivity contribution in [2.45, 2.75) is 104 Å². The van der Waals surface area contributed by atoms with Crippen LogP contribution in [0.1, 0.15) is 88.5 Å². The van der Waals surface area contributed by atoms with Gasteiger partial charge in [-0.1, -0.05) is 94.6 Å². The molecule has 2 amide bonds. The van der Waals surface area contributed by atoms with Crippen molar-refractivity contribution in [3.05, 3.63) is 70.8 Å². The molecule has 0 heterocycles. The molecule has 0 aliphatic heterocycles. The van der Waals surface area contributed by atoms with Crippen LogP contribution in [-0.4, -0.2) is 28.8 Å². The molecule has 0 saturated heterocycles. The van der Waals surface area contributed by atoms with Crippen molar-refractivity contribution in [3.63, 3.8) is 0 Å². The van der Waals surface area contributed by atoms with Crippen LogP contribution < -0.4 is 5.32 Å². The number of hydrogen-bond acceptors (Lipinski definition) is 2. The number of nitrogens with zero attached hydrogens (tertiary/aromatic N) is 1. The Labute approximate surface area is 206 Å². The average Bonchev–Trinajstić information content (AvgIpc) is 3.30. The molecule has 2 aromatic carbocycles. The fourth-order valence-corrected chi connectivity index (χ4v) is 4.86. The summed E-state index contributed by atoms with van der Waals surface area (Å²) in [6.07, 6.45) is 6.10. The lowest BCUT2D eigenvalue weighted by Gasteiger charge is -2.31. The van der Waals surface area contributed by atoms with E-state index in [0.717, 1.165) is 29.5 Å². The number of carbonyl (C=O) groups is 2. The normalized spacial score (nSPS) is 15.2. The molecule has 1 N–H and O–H groups in total. The first-order valence-electron chi connectivity index (χ1n) is 12.9. The monoisotopic (exact) mass is 462 g/mol. The van der Waals surface area contributed by atoms with E-state index < -0.39 is 6.04 Å². The van der Waals surface area contributed by atoms with Gasteiger partial charge in [-0.05, 0) is 54.7 Å². The van der Waals surface area contributed by atoms with Crippen LogP contribution in [-0.2, 0) is 28.0 Å². The Morgan fingerprint density at radius 2 is 1.71 bits per heavy atom. The molecule has 0 aromatic heterocycles. The lowest BCUT2D eigenvalue weighted by Crippen LogP contribution is -2.51. The predicted molar refractivity (Wildman–Crippen MR) is 140 cm³/mol. The Kier molecular flexibility index (Phi) is 8.93. The Bertz CT molecular complexity index is 953. The van der Waals surface area contributed by atoms with Crippen molar-refractivity contribution in [2.75, 3.05) is 0 Å². The molecular weight excluding hydrogens is 420 g/mol. The molecular formula is C30H42N2O2. The quantitative estimate of drug-likeness (QED) is 0.490. The maximum absolute atomic E-state index is 13.5. The van der Waals surface area contributed by atoms with Gasteiger partial charge in [-0.15, -0.1) is 0 Å². The number of carbonyl (C=O) groups excluding carboxylic acids is 2. The van der Waals surface area contributed by atoms with E-state index in [4.69, 9.17) is 0 Å². The molecule has 0 spiro atoms. The lowest BCUT2D eigenvalue weighted by molar-refractivity contribution is -0.141. The van der Waals surface area contributed by atoms with E-state index in [1.54, 1.807) is 0 Å². The molecule has 1 aliphatic carbocycles. The van der Waals surface area contributed by atoms with E-state index in [0.29, 0.717) is 25.8 Å². The van der Waals surface area contributed by atoms with E-state index in [1.165, 1.54) is 18.4 Å². The van der Waals surface area contributed by atoms with E-state index >= 15 is 0 Å².